The molecule has 7 atom stereocenters. The van der Waals surface area contributed by atoms with Gasteiger partial charge in [0.1, 0.15) is 11.7 Å². The number of fused-ring (bicyclic) bond motifs is 7. The maximum atomic E-state index is 14.8. The Balaban J connectivity index is 1.20. The van der Waals surface area contributed by atoms with Crippen LogP contribution in [0.25, 0.3) is 0 Å². The van der Waals surface area contributed by atoms with Crippen molar-refractivity contribution in [2.45, 2.75) is 158 Å². The minimum atomic E-state index is -0.712. The molecule has 0 heterocycles. The number of unbranched alkanes of at least 4 members (excludes halogenated alkanes) is 3. The summed E-state index contributed by atoms with van der Waals surface area (Å²) in [6.07, 6.45) is 13.5. The first kappa shape index (κ1) is 43.6. The largest absolute Gasteiger partial charge is 0.444 e. The van der Waals surface area contributed by atoms with Crippen LogP contribution in [0.15, 0.2) is 23.3 Å². The molecule has 0 spiro atoms. The number of nitrogens with zero attached hydrogens (tertiary/aromatic N) is 1. The number of carbonyl (C=O) groups is 5. The molecule has 0 unspecified atom stereocenters. The van der Waals surface area contributed by atoms with Gasteiger partial charge in [0.25, 0.3) is 0 Å². The molecule has 3 saturated carbocycles. The second-order valence-electron chi connectivity index (χ2n) is 21.0. The van der Waals surface area contributed by atoms with Crippen molar-refractivity contribution in [1.29, 1.82) is 5.26 Å². The van der Waals surface area contributed by atoms with Crippen LogP contribution in [0.4, 0.5) is 4.79 Å². The van der Waals surface area contributed by atoms with E-state index in [0.717, 1.165) is 69.8 Å². The Hall–Kier alpha value is -3.48. The fourth-order valence-corrected chi connectivity index (χ4v) is 12.1. The van der Waals surface area contributed by atoms with Crippen molar-refractivity contribution >= 4 is 29.5 Å². The highest BCUT2D eigenvalue weighted by molar-refractivity contribution is 6.04. The summed E-state index contributed by atoms with van der Waals surface area (Å²) in [5, 5.41) is 19.0. The number of ketones is 2. The average Bonchev–Trinajstić information content (AvgIpc) is 3.09. The lowest BCUT2D eigenvalue weighted by Gasteiger charge is -2.69. The molecule has 3 amide bonds. The standard InChI is InChI=1S/C46H70N4O6/c1-40(2,3)56-39(55)50-24-14-12-11-13-23-48-35(52)16-15-25-49-38(54)46-21-19-41(4,5)28-31(46)36-32(51)26-34-43(8)27-30(29-47)37(53)42(6,7)33(43)17-18-44(34,9)45(36,10)20-22-46/h26-27,31,33,36H,11-25,28H2,1-10H3,(H,48,52)(H,49,54)(H,50,55)/t31-,33-,36-,43-,44+,45+,46-/m0/s1. The molecular weight excluding hydrogens is 705 g/mol. The van der Waals surface area contributed by atoms with Crippen LogP contribution in [0.2, 0.25) is 0 Å². The third kappa shape index (κ3) is 7.99. The van der Waals surface area contributed by atoms with Gasteiger partial charge in [-0.25, -0.2) is 4.79 Å². The Morgan fingerprint density at radius 3 is 2.11 bits per heavy atom. The van der Waals surface area contributed by atoms with Gasteiger partial charge >= 0.3 is 6.09 Å². The minimum Gasteiger partial charge on any atom is -0.444 e. The van der Waals surface area contributed by atoms with E-state index in [1.807, 2.05) is 46.8 Å². The number of allylic oxidation sites excluding steroid dienone is 4. The highest BCUT2D eigenvalue weighted by atomic mass is 16.6. The molecule has 0 aliphatic heterocycles. The van der Waals surface area contributed by atoms with E-state index in [0.29, 0.717) is 38.9 Å². The van der Waals surface area contributed by atoms with Crippen molar-refractivity contribution in [3.8, 4) is 6.07 Å². The number of hydrogen-bond donors (Lipinski definition) is 3. The lowest BCUT2D eigenvalue weighted by Crippen LogP contribution is -2.66. The first-order valence-corrected chi connectivity index (χ1v) is 21.4. The molecule has 5 aliphatic carbocycles. The first-order valence-electron chi connectivity index (χ1n) is 21.4. The summed E-state index contributed by atoms with van der Waals surface area (Å²) in [4.78, 5) is 67.0. The van der Waals surface area contributed by atoms with Crippen molar-refractivity contribution in [2.75, 3.05) is 19.6 Å². The topological polar surface area (TPSA) is 154 Å². The van der Waals surface area contributed by atoms with Gasteiger partial charge in [0.05, 0.1) is 11.0 Å². The summed E-state index contributed by atoms with van der Waals surface area (Å²) in [6.45, 7) is 22.3. The molecule has 0 saturated heterocycles. The van der Waals surface area contributed by atoms with Gasteiger partial charge in [0.15, 0.2) is 11.6 Å². The second-order valence-corrected chi connectivity index (χ2v) is 21.0. The Morgan fingerprint density at radius 2 is 1.46 bits per heavy atom. The molecular formula is C46H70N4O6. The zero-order valence-corrected chi connectivity index (χ0v) is 36.1. The Bertz CT molecular complexity index is 1700. The maximum Gasteiger partial charge on any atom is 0.407 e. The molecule has 0 aromatic rings. The molecule has 0 aromatic carbocycles. The van der Waals surface area contributed by atoms with Crippen LogP contribution in [0, 0.1) is 61.6 Å². The number of Topliss-reactive ketones (excluding diaryl/α,β-unsaturated/α-hetero) is 1. The maximum absolute atomic E-state index is 14.8. The summed E-state index contributed by atoms with van der Waals surface area (Å²) in [7, 11) is 0. The summed E-state index contributed by atoms with van der Waals surface area (Å²) < 4.78 is 5.25. The lowest BCUT2D eigenvalue weighted by atomic mass is 9.34. The zero-order valence-electron chi connectivity index (χ0n) is 36.1. The third-order valence-electron chi connectivity index (χ3n) is 15.3. The van der Waals surface area contributed by atoms with E-state index in [1.54, 1.807) is 0 Å². The minimum absolute atomic E-state index is 0.00519. The number of nitrogens with one attached hydrogen (secondary N) is 3. The lowest BCUT2D eigenvalue weighted by molar-refractivity contribution is -0.178. The van der Waals surface area contributed by atoms with E-state index in [1.165, 1.54) is 0 Å². The van der Waals surface area contributed by atoms with Crippen LogP contribution in [-0.2, 0) is 23.9 Å². The number of rotatable bonds is 12. The molecule has 0 aromatic heterocycles. The van der Waals surface area contributed by atoms with Crippen LogP contribution >= 0.6 is 0 Å². The van der Waals surface area contributed by atoms with Crippen molar-refractivity contribution in [3.05, 3.63) is 23.3 Å². The van der Waals surface area contributed by atoms with E-state index in [-0.39, 0.29) is 63.0 Å². The summed E-state index contributed by atoms with van der Waals surface area (Å²) in [5.41, 5.74) is -1.92. The molecule has 10 nitrogen and oxygen atoms in total. The van der Waals surface area contributed by atoms with Gasteiger partial charge in [-0.3, -0.25) is 19.2 Å². The molecule has 56 heavy (non-hydrogen) atoms. The number of hydrogen-bond acceptors (Lipinski definition) is 7. The van der Waals surface area contributed by atoms with Gasteiger partial charge in [0, 0.05) is 42.8 Å². The fraction of sp³-hybridized carbons (Fsp3) is 0.783. The number of amides is 3. The average molecular weight is 775 g/mol. The summed E-state index contributed by atoms with van der Waals surface area (Å²) in [6, 6.07) is 2.19. The van der Waals surface area contributed by atoms with Crippen molar-refractivity contribution < 1.29 is 28.7 Å². The molecule has 0 radical (unpaired) electrons. The molecule has 0 bridgehead atoms. The van der Waals surface area contributed by atoms with Gasteiger partial charge in [-0.05, 0) is 119 Å². The van der Waals surface area contributed by atoms with E-state index in [9.17, 15) is 29.2 Å². The summed E-state index contributed by atoms with van der Waals surface area (Å²) >= 11 is 0. The smallest absolute Gasteiger partial charge is 0.407 e. The van der Waals surface area contributed by atoms with Crippen molar-refractivity contribution in [1.82, 2.24) is 16.0 Å². The van der Waals surface area contributed by atoms with Crippen LogP contribution < -0.4 is 16.0 Å². The highest BCUT2D eigenvalue weighted by Crippen LogP contribution is 2.74. The molecule has 5 rings (SSSR count). The van der Waals surface area contributed by atoms with Gasteiger partial charge in [-0.15, -0.1) is 0 Å². The van der Waals surface area contributed by atoms with Gasteiger partial charge in [0.2, 0.25) is 11.8 Å². The fourth-order valence-electron chi connectivity index (χ4n) is 12.1. The van der Waals surface area contributed by atoms with E-state index in [2.05, 4.69) is 56.6 Å². The van der Waals surface area contributed by atoms with Gasteiger partial charge in [-0.1, -0.05) is 73.0 Å². The molecule has 5 aliphatic rings. The predicted molar refractivity (Wildman–Crippen MR) is 217 cm³/mol. The predicted octanol–water partition coefficient (Wildman–Crippen LogP) is 8.30. The van der Waals surface area contributed by atoms with E-state index >= 15 is 0 Å². The number of alkyl carbamates (subject to hydrolysis) is 1. The second kappa shape index (κ2) is 15.7. The van der Waals surface area contributed by atoms with Gasteiger partial charge < -0.3 is 20.7 Å². The Morgan fingerprint density at radius 1 is 0.839 bits per heavy atom. The SMILES string of the molecule is CC1(C)CC[C@]2(C(=O)NCCCC(=O)NCCCCCCNC(=O)OC(C)(C)C)CC[C@]3(C)[C@H](C(=O)C=C4[C@@]5(C)C=C(C#N)C(=O)C(C)(C)[C@@H]5CC[C@]43C)[C@@H]2C1. The third-order valence-corrected chi connectivity index (χ3v) is 15.3. The van der Waals surface area contributed by atoms with Crippen LogP contribution in [0.3, 0.4) is 0 Å². The van der Waals surface area contributed by atoms with Crippen LogP contribution in [-0.4, -0.2) is 54.7 Å². The number of ether oxygens (including phenoxy) is 1. The van der Waals surface area contributed by atoms with Crippen molar-refractivity contribution in [2.24, 2.45) is 50.2 Å². The van der Waals surface area contributed by atoms with E-state index in [4.69, 9.17) is 4.74 Å². The van der Waals surface area contributed by atoms with Crippen LogP contribution in [0.5, 0.6) is 0 Å². The first-order chi connectivity index (χ1) is 26.0. The molecule has 10 heteroatoms. The molecule has 3 N–H and O–H groups in total. The Labute approximate surface area is 336 Å². The van der Waals surface area contributed by atoms with E-state index < -0.39 is 27.9 Å². The normalized spacial score (nSPS) is 34.2. The zero-order chi connectivity index (χ0) is 41.5. The molecule has 310 valence electrons. The molecule has 3 fully saturated rings. The van der Waals surface area contributed by atoms with Crippen molar-refractivity contribution in [3.63, 3.8) is 0 Å². The number of carbonyl (C=O) groups excluding carboxylic acids is 5. The Kier molecular flexibility index (Phi) is 12.2. The monoisotopic (exact) mass is 775 g/mol. The van der Waals surface area contributed by atoms with Crippen LogP contribution in [0.1, 0.15) is 153 Å². The quantitative estimate of drug-likeness (QED) is 0.169. The van der Waals surface area contributed by atoms with Gasteiger partial charge in [-0.2, -0.15) is 5.26 Å². The summed E-state index contributed by atoms with van der Waals surface area (Å²) in [5.74, 6) is -0.433. The highest BCUT2D eigenvalue weighted by Gasteiger charge is 2.70. The number of nitriles is 1.